The zero-order valence-corrected chi connectivity index (χ0v) is 14.7. The van der Waals surface area contributed by atoms with E-state index < -0.39 is 0 Å². The van der Waals surface area contributed by atoms with Crippen LogP contribution >= 0.6 is 11.3 Å². The molecule has 2 aromatic heterocycles. The predicted molar refractivity (Wildman–Crippen MR) is 90.5 cm³/mol. The largest absolute Gasteiger partial charge is 0.383 e. The van der Waals surface area contributed by atoms with Crippen LogP contribution in [0.15, 0.2) is 11.6 Å². The molecule has 1 aliphatic heterocycles. The van der Waals surface area contributed by atoms with Gasteiger partial charge in [0.2, 0.25) is 0 Å². The molecule has 1 atom stereocenters. The maximum Gasteiger partial charge on any atom is 0.107 e. The quantitative estimate of drug-likeness (QED) is 0.816. The Balaban J connectivity index is 1.59. The Morgan fingerprint density at radius 1 is 1.39 bits per heavy atom. The molecule has 1 aliphatic carbocycles. The summed E-state index contributed by atoms with van der Waals surface area (Å²) in [4.78, 5) is 7.15. The smallest absolute Gasteiger partial charge is 0.107 e. The number of aryl methyl sites for hydroxylation is 1. The molecule has 0 bridgehead atoms. The molecule has 1 fully saturated rings. The monoisotopic (exact) mass is 332 g/mol. The standard InChI is InChI=1S/C17H24N4OS/c1-12-11-23-16(19-12)9-20-6-5-14-7-18-21(8-13-3-4-13)17(14)15(20)10-22-2/h7,11,13,15H,3-6,8-10H2,1-2H3/t15-/m0/s1. The first-order chi connectivity index (χ1) is 11.2. The van der Waals surface area contributed by atoms with Crippen molar-refractivity contribution in [1.82, 2.24) is 19.7 Å². The normalized spacial score (nSPS) is 21.6. The molecule has 2 aromatic rings. The number of fused-ring (bicyclic) bond motifs is 1. The van der Waals surface area contributed by atoms with Gasteiger partial charge in [0, 0.05) is 31.3 Å². The second kappa shape index (κ2) is 6.34. The third-order valence-corrected chi connectivity index (χ3v) is 5.79. The highest BCUT2D eigenvalue weighted by molar-refractivity contribution is 7.09. The molecule has 1 saturated carbocycles. The lowest BCUT2D eigenvalue weighted by Crippen LogP contribution is -2.38. The van der Waals surface area contributed by atoms with E-state index in [2.05, 4.69) is 38.2 Å². The van der Waals surface area contributed by atoms with Crippen molar-refractivity contribution in [3.63, 3.8) is 0 Å². The number of nitrogens with zero attached hydrogens (tertiary/aromatic N) is 4. The molecule has 5 nitrogen and oxygen atoms in total. The van der Waals surface area contributed by atoms with Crippen LogP contribution in [-0.2, 0) is 24.2 Å². The van der Waals surface area contributed by atoms with Crippen molar-refractivity contribution in [2.24, 2.45) is 5.92 Å². The molecule has 23 heavy (non-hydrogen) atoms. The summed E-state index contributed by atoms with van der Waals surface area (Å²) in [5.74, 6) is 0.833. The Kier molecular flexibility index (Phi) is 4.22. The zero-order chi connectivity index (χ0) is 15.8. The molecule has 0 saturated heterocycles. The van der Waals surface area contributed by atoms with Gasteiger partial charge in [0.05, 0.1) is 31.1 Å². The summed E-state index contributed by atoms with van der Waals surface area (Å²) < 4.78 is 7.80. The molecular formula is C17H24N4OS. The third kappa shape index (κ3) is 3.20. The first-order valence-electron chi connectivity index (χ1n) is 8.43. The van der Waals surface area contributed by atoms with Crippen LogP contribution in [0.1, 0.15) is 40.8 Å². The Morgan fingerprint density at radius 2 is 2.26 bits per heavy atom. The number of aromatic nitrogens is 3. The number of rotatable bonds is 6. The van der Waals surface area contributed by atoms with E-state index in [0.717, 1.165) is 37.7 Å². The second-order valence-corrected chi connectivity index (χ2v) is 7.70. The zero-order valence-electron chi connectivity index (χ0n) is 13.9. The van der Waals surface area contributed by atoms with Crippen molar-refractivity contribution in [3.05, 3.63) is 33.5 Å². The van der Waals surface area contributed by atoms with Gasteiger partial charge < -0.3 is 4.74 Å². The average Bonchev–Trinajstić information content (AvgIpc) is 3.12. The van der Waals surface area contributed by atoms with Crippen molar-refractivity contribution >= 4 is 11.3 Å². The van der Waals surface area contributed by atoms with Crippen LogP contribution in [-0.4, -0.2) is 39.9 Å². The van der Waals surface area contributed by atoms with Gasteiger partial charge in [0.25, 0.3) is 0 Å². The molecule has 0 spiro atoms. The van der Waals surface area contributed by atoms with Crippen LogP contribution in [0.2, 0.25) is 0 Å². The fourth-order valence-electron chi connectivity index (χ4n) is 3.48. The predicted octanol–water partition coefficient (Wildman–Crippen LogP) is 2.80. The van der Waals surface area contributed by atoms with E-state index in [9.17, 15) is 0 Å². The molecule has 124 valence electrons. The van der Waals surface area contributed by atoms with Gasteiger partial charge in [0.15, 0.2) is 0 Å². The van der Waals surface area contributed by atoms with Crippen LogP contribution in [0.4, 0.5) is 0 Å². The van der Waals surface area contributed by atoms with E-state index in [1.165, 1.54) is 29.1 Å². The lowest BCUT2D eigenvalue weighted by atomic mass is 10.00. The number of hydrogen-bond acceptors (Lipinski definition) is 5. The van der Waals surface area contributed by atoms with Gasteiger partial charge in [-0.05, 0) is 37.7 Å². The molecule has 0 amide bonds. The minimum atomic E-state index is 0.286. The van der Waals surface area contributed by atoms with Crippen LogP contribution in [0.25, 0.3) is 0 Å². The van der Waals surface area contributed by atoms with Crippen molar-refractivity contribution in [2.75, 3.05) is 20.3 Å². The summed E-state index contributed by atoms with van der Waals surface area (Å²) in [6.07, 6.45) is 5.85. The summed E-state index contributed by atoms with van der Waals surface area (Å²) in [5, 5.41) is 8.00. The van der Waals surface area contributed by atoms with Crippen molar-refractivity contribution in [1.29, 1.82) is 0 Å². The number of thiazole rings is 1. The number of methoxy groups -OCH3 is 1. The molecule has 2 aliphatic rings. The Bertz CT molecular complexity index is 676. The average molecular weight is 332 g/mol. The molecular weight excluding hydrogens is 308 g/mol. The maximum absolute atomic E-state index is 5.56. The Labute approximate surface area is 141 Å². The summed E-state index contributed by atoms with van der Waals surface area (Å²) >= 11 is 1.76. The van der Waals surface area contributed by atoms with E-state index in [0.29, 0.717) is 6.61 Å². The summed E-state index contributed by atoms with van der Waals surface area (Å²) in [5.41, 5.74) is 3.89. The van der Waals surface area contributed by atoms with Crippen molar-refractivity contribution in [2.45, 2.75) is 45.3 Å². The highest BCUT2D eigenvalue weighted by Crippen LogP contribution is 2.35. The highest BCUT2D eigenvalue weighted by Gasteiger charge is 2.33. The second-order valence-electron chi connectivity index (χ2n) is 6.75. The van der Waals surface area contributed by atoms with Crippen molar-refractivity contribution in [3.8, 4) is 0 Å². The minimum absolute atomic E-state index is 0.286. The Hall–Kier alpha value is -1.24. The highest BCUT2D eigenvalue weighted by atomic mass is 32.1. The van der Waals surface area contributed by atoms with E-state index >= 15 is 0 Å². The minimum Gasteiger partial charge on any atom is -0.383 e. The molecule has 0 unspecified atom stereocenters. The Morgan fingerprint density at radius 3 is 2.96 bits per heavy atom. The van der Waals surface area contributed by atoms with Gasteiger partial charge in [-0.3, -0.25) is 9.58 Å². The number of hydrogen-bond donors (Lipinski definition) is 0. The molecule has 6 heteroatoms. The maximum atomic E-state index is 5.56. The molecule has 4 rings (SSSR count). The van der Waals surface area contributed by atoms with Crippen LogP contribution in [0.5, 0.6) is 0 Å². The fourth-order valence-corrected chi connectivity index (χ4v) is 4.27. The topological polar surface area (TPSA) is 43.2 Å². The third-order valence-electron chi connectivity index (χ3n) is 4.84. The van der Waals surface area contributed by atoms with E-state index in [1.54, 1.807) is 18.4 Å². The van der Waals surface area contributed by atoms with Gasteiger partial charge in [0.1, 0.15) is 5.01 Å². The lowest BCUT2D eigenvalue weighted by Gasteiger charge is -2.35. The van der Waals surface area contributed by atoms with Crippen LogP contribution in [0, 0.1) is 12.8 Å². The van der Waals surface area contributed by atoms with Gasteiger partial charge >= 0.3 is 0 Å². The van der Waals surface area contributed by atoms with Gasteiger partial charge in [-0.2, -0.15) is 5.10 Å². The summed E-state index contributed by atoms with van der Waals surface area (Å²) in [6, 6.07) is 0.286. The van der Waals surface area contributed by atoms with Gasteiger partial charge in [-0.25, -0.2) is 4.98 Å². The summed E-state index contributed by atoms with van der Waals surface area (Å²) in [7, 11) is 1.79. The molecule has 0 N–H and O–H groups in total. The first kappa shape index (κ1) is 15.3. The fraction of sp³-hybridized carbons (Fsp3) is 0.647. The van der Waals surface area contributed by atoms with Crippen LogP contribution < -0.4 is 0 Å². The van der Waals surface area contributed by atoms with Crippen molar-refractivity contribution < 1.29 is 4.74 Å². The molecule has 0 aromatic carbocycles. The number of ether oxygens (including phenoxy) is 1. The van der Waals surface area contributed by atoms with E-state index in [1.807, 2.05) is 0 Å². The van der Waals surface area contributed by atoms with Gasteiger partial charge in [-0.1, -0.05) is 0 Å². The van der Waals surface area contributed by atoms with E-state index in [4.69, 9.17) is 4.74 Å². The first-order valence-corrected chi connectivity index (χ1v) is 9.31. The lowest BCUT2D eigenvalue weighted by molar-refractivity contribution is 0.0724. The summed E-state index contributed by atoms with van der Waals surface area (Å²) in [6.45, 7) is 5.80. The van der Waals surface area contributed by atoms with Crippen LogP contribution in [0.3, 0.4) is 0 Å². The molecule has 3 heterocycles. The molecule has 0 radical (unpaired) electrons. The van der Waals surface area contributed by atoms with E-state index in [-0.39, 0.29) is 6.04 Å². The van der Waals surface area contributed by atoms with Gasteiger partial charge in [-0.15, -0.1) is 11.3 Å². The SMILES string of the molecule is COC[C@H]1c2c(cnn2CC2CC2)CCN1Cc1nc(C)cs1.